The summed E-state index contributed by atoms with van der Waals surface area (Å²) in [6.07, 6.45) is 1.40. The van der Waals surface area contributed by atoms with Gasteiger partial charge in [0.15, 0.2) is 11.2 Å². The first-order chi connectivity index (χ1) is 18.0. The summed E-state index contributed by atoms with van der Waals surface area (Å²) in [7, 11) is -4.27. The Balaban J connectivity index is 1.94. The molecule has 0 bridgehead atoms. The van der Waals surface area contributed by atoms with Crippen LogP contribution in [0, 0.1) is 0 Å². The third kappa shape index (κ3) is 4.98. The number of primary sulfonamides is 1. The van der Waals surface area contributed by atoms with Crippen molar-refractivity contribution < 1.29 is 8.42 Å². The van der Waals surface area contributed by atoms with Crippen molar-refractivity contribution in [1.29, 1.82) is 0 Å². The van der Waals surface area contributed by atoms with Gasteiger partial charge >= 0.3 is 5.69 Å². The second-order valence-electron chi connectivity index (χ2n) is 8.26. The lowest BCUT2D eigenvalue weighted by atomic mass is 10.2. The van der Waals surface area contributed by atoms with Gasteiger partial charge in [0, 0.05) is 22.5 Å². The summed E-state index contributed by atoms with van der Waals surface area (Å²) in [5.74, 6) is -0.794. The van der Waals surface area contributed by atoms with E-state index in [-0.39, 0.29) is 23.5 Å². The summed E-state index contributed by atoms with van der Waals surface area (Å²) in [5.41, 5.74) is -0.548. The number of nitrogens with zero attached hydrogens (tertiary/aromatic N) is 5. The number of hydrogen-bond acceptors (Lipinski definition) is 6. The first-order valence-electron chi connectivity index (χ1n) is 10.9. The summed E-state index contributed by atoms with van der Waals surface area (Å²) < 4.78 is 27.2. The number of aromatic nitrogens is 5. The zero-order valence-corrected chi connectivity index (χ0v) is 22.3. The van der Waals surface area contributed by atoms with Gasteiger partial charge in [-0.15, -0.1) is 0 Å². The zero-order valence-electron chi connectivity index (χ0n) is 19.3. The number of fused-ring (bicyclic) bond motifs is 1. The van der Waals surface area contributed by atoms with Crippen LogP contribution in [-0.4, -0.2) is 32.1 Å². The topological polar surface area (TPSA) is 135 Å². The molecule has 5 rings (SSSR count). The number of imidazole rings is 1. The Kier molecular flexibility index (Phi) is 6.88. The molecule has 0 fully saturated rings. The van der Waals surface area contributed by atoms with E-state index in [1.807, 2.05) is 0 Å². The number of hydrogen-bond donors (Lipinski definition) is 1. The second-order valence-corrected chi connectivity index (χ2v) is 11.1. The number of benzene rings is 2. The SMILES string of the molecule is NS(=O)(=O)Cn1c(=O)c2c(nc(-c3ccccc3Cl)n2-c2ccc(Cl)cc2)n(Cc2ccc(Cl)cn2)c1=O. The van der Waals surface area contributed by atoms with E-state index in [1.54, 1.807) is 60.7 Å². The molecule has 0 amide bonds. The Morgan fingerprint density at radius 3 is 2.18 bits per heavy atom. The fourth-order valence-corrected chi connectivity index (χ4v) is 5.05. The van der Waals surface area contributed by atoms with Gasteiger partial charge in [-0.1, -0.05) is 46.9 Å². The van der Waals surface area contributed by atoms with Crippen LogP contribution in [-0.2, 0) is 22.4 Å². The molecule has 0 saturated heterocycles. The van der Waals surface area contributed by atoms with Crippen molar-refractivity contribution in [2.75, 3.05) is 0 Å². The number of nitrogens with two attached hydrogens (primary N) is 1. The van der Waals surface area contributed by atoms with Gasteiger partial charge in [-0.3, -0.25) is 18.9 Å². The molecule has 0 radical (unpaired) electrons. The molecule has 0 unspecified atom stereocenters. The maximum Gasteiger partial charge on any atom is 0.334 e. The van der Waals surface area contributed by atoms with Crippen molar-refractivity contribution in [1.82, 2.24) is 23.7 Å². The van der Waals surface area contributed by atoms with Crippen LogP contribution in [0.25, 0.3) is 28.2 Å². The maximum absolute atomic E-state index is 13.7. The molecule has 2 aromatic carbocycles. The first-order valence-corrected chi connectivity index (χ1v) is 13.8. The number of halogens is 3. The fourth-order valence-electron chi connectivity index (χ4n) is 4.00. The van der Waals surface area contributed by atoms with Gasteiger partial charge in [-0.2, -0.15) is 0 Å². The monoisotopic (exact) mass is 590 g/mol. The van der Waals surface area contributed by atoms with E-state index in [0.29, 0.717) is 36.6 Å². The highest BCUT2D eigenvalue weighted by Gasteiger charge is 2.26. The summed E-state index contributed by atoms with van der Waals surface area (Å²) in [4.78, 5) is 36.2. The highest BCUT2D eigenvalue weighted by Crippen LogP contribution is 2.32. The molecule has 0 aliphatic carbocycles. The van der Waals surface area contributed by atoms with Crippen molar-refractivity contribution in [3.05, 3.63) is 108 Å². The molecule has 194 valence electrons. The molecule has 0 atom stereocenters. The van der Waals surface area contributed by atoms with E-state index in [9.17, 15) is 18.0 Å². The Hall–Kier alpha value is -3.48. The highest BCUT2D eigenvalue weighted by molar-refractivity contribution is 7.88. The summed E-state index contributed by atoms with van der Waals surface area (Å²) in [6, 6.07) is 16.6. The van der Waals surface area contributed by atoms with Gasteiger partial charge in [0.05, 0.1) is 22.3 Å². The van der Waals surface area contributed by atoms with Gasteiger partial charge in [0.1, 0.15) is 11.7 Å². The molecule has 0 spiro atoms. The maximum atomic E-state index is 13.7. The zero-order chi connectivity index (χ0) is 27.2. The number of pyridine rings is 1. The lowest BCUT2D eigenvalue weighted by molar-refractivity contribution is 0.572. The van der Waals surface area contributed by atoms with Crippen LogP contribution in [0.2, 0.25) is 15.1 Å². The van der Waals surface area contributed by atoms with Crippen LogP contribution < -0.4 is 16.4 Å². The van der Waals surface area contributed by atoms with Crippen molar-refractivity contribution in [2.24, 2.45) is 5.14 Å². The molecule has 0 saturated carbocycles. The number of rotatable bonds is 6. The summed E-state index contributed by atoms with van der Waals surface area (Å²) in [5, 5.41) is 6.42. The summed E-state index contributed by atoms with van der Waals surface area (Å²) >= 11 is 18.5. The molecule has 2 N–H and O–H groups in total. The van der Waals surface area contributed by atoms with Gasteiger partial charge in [0.2, 0.25) is 10.0 Å². The van der Waals surface area contributed by atoms with Crippen LogP contribution in [0.15, 0.2) is 76.4 Å². The molecule has 3 aromatic heterocycles. The van der Waals surface area contributed by atoms with Crippen LogP contribution in [0.1, 0.15) is 5.69 Å². The number of sulfonamides is 1. The minimum absolute atomic E-state index is 0.00714. The fraction of sp³-hybridized carbons (Fsp3) is 0.0833. The molecular formula is C24H17Cl3N6O4S. The molecular weight excluding hydrogens is 575 g/mol. The van der Waals surface area contributed by atoms with Crippen LogP contribution in [0.5, 0.6) is 0 Å². The summed E-state index contributed by atoms with van der Waals surface area (Å²) in [6.45, 7) is -0.142. The van der Waals surface area contributed by atoms with Crippen molar-refractivity contribution in [3.63, 3.8) is 0 Å². The van der Waals surface area contributed by atoms with Crippen LogP contribution in [0.4, 0.5) is 0 Å². The minimum Gasteiger partial charge on any atom is -0.286 e. The largest absolute Gasteiger partial charge is 0.334 e. The standard InChI is InChI=1S/C24H17Cl3N6O4S/c25-14-6-9-17(10-7-14)33-20-22(30-21(33)18-3-1-2-4-19(18)27)31(12-16-8-5-15(26)11-29-16)24(35)32(23(20)34)13-38(28,36)37/h1-11H,12-13H2,(H2,28,36,37). The quantitative estimate of drug-likeness (QED) is 0.320. The van der Waals surface area contributed by atoms with Gasteiger partial charge in [0.25, 0.3) is 5.56 Å². The highest BCUT2D eigenvalue weighted by atomic mass is 35.5. The molecule has 10 nitrogen and oxygen atoms in total. The van der Waals surface area contributed by atoms with Crippen molar-refractivity contribution >= 4 is 56.0 Å². The molecule has 38 heavy (non-hydrogen) atoms. The van der Waals surface area contributed by atoms with Crippen LogP contribution in [0.3, 0.4) is 0 Å². The van der Waals surface area contributed by atoms with Gasteiger partial charge in [-0.05, 0) is 48.5 Å². The molecule has 3 heterocycles. The average Bonchev–Trinajstić information content (AvgIpc) is 3.26. The van der Waals surface area contributed by atoms with Gasteiger partial charge in [-0.25, -0.2) is 27.9 Å². The molecule has 5 aromatic rings. The van der Waals surface area contributed by atoms with E-state index >= 15 is 0 Å². The predicted octanol–water partition coefficient (Wildman–Crippen LogP) is 3.67. The Bertz CT molecular complexity index is 1910. The average molecular weight is 592 g/mol. The predicted molar refractivity (Wildman–Crippen MR) is 147 cm³/mol. The lowest BCUT2D eigenvalue weighted by Crippen LogP contribution is -2.43. The lowest BCUT2D eigenvalue weighted by Gasteiger charge is -2.13. The van der Waals surface area contributed by atoms with E-state index in [4.69, 9.17) is 39.9 Å². The van der Waals surface area contributed by atoms with Crippen molar-refractivity contribution in [2.45, 2.75) is 12.4 Å². The molecule has 0 aliphatic heterocycles. The third-order valence-electron chi connectivity index (χ3n) is 5.64. The normalized spacial score (nSPS) is 11.8. The molecule has 14 heteroatoms. The van der Waals surface area contributed by atoms with E-state index in [1.165, 1.54) is 10.8 Å². The Labute approximate surface area is 230 Å². The second kappa shape index (κ2) is 10.0. The smallest absolute Gasteiger partial charge is 0.286 e. The molecule has 0 aliphatic rings. The third-order valence-corrected chi connectivity index (χ3v) is 7.06. The van der Waals surface area contributed by atoms with Crippen molar-refractivity contribution in [3.8, 4) is 17.1 Å². The van der Waals surface area contributed by atoms with E-state index in [2.05, 4.69) is 9.97 Å². The first kappa shape index (κ1) is 26.1. The van der Waals surface area contributed by atoms with Crippen LogP contribution >= 0.6 is 34.8 Å². The Morgan fingerprint density at radius 1 is 0.868 bits per heavy atom. The van der Waals surface area contributed by atoms with E-state index < -0.39 is 27.1 Å². The Morgan fingerprint density at radius 2 is 1.55 bits per heavy atom. The van der Waals surface area contributed by atoms with Gasteiger partial charge < -0.3 is 0 Å². The van der Waals surface area contributed by atoms with E-state index in [0.717, 1.165) is 4.57 Å². The minimum atomic E-state index is -4.27.